The van der Waals surface area contributed by atoms with Crippen LogP contribution < -0.4 is 11.1 Å². The second-order valence-corrected chi connectivity index (χ2v) is 5.66. The maximum atomic E-state index is 12.0. The number of hydrogen-bond acceptors (Lipinski definition) is 2. The molecule has 2 rings (SSSR count). The highest BCUT2D eigenvalue weighted by Gasteiger charge is 2.06. The van der Waals surface area contributed by atoms with Gasteiger partial charge >= 0.3 is 0 Å². The van der Waals surface area contributed by atoms with E-state index in [0.29, 0.717) is 22.8 Å². The molecule has 20 heavy (non-hydrogen) atoms. The van der Waals surface area contributed by atoms with Crippen molar-refractivity contribution < 1.29 is 4.79 Å². The van der Waals surface area contributed by atoms with Gasteiger partial charge in [0, 0.05) is 27.3 Å². The third kappa shape index (κ3) is 3.99. The fraction of sp³-hybridized carbons (Fsp3) is 0.133. The SMILES string of the molecule is Nc1cc(C(=O)NCCc2cccc(Cl)c2)ccc1Br. The maximum Gasteiger partial charge on any atom is 0.251 e. The van der Waals surface area contributed by atoms with Crippen LogP contribution in [0.2, 0.25) is 5.02 Å². The van der Waals surface area contributed by atoms with Gasteiger partial charge in [0.2, 0.25) is 0 Å². The van der Waals surface area contributed by atoms with Crippen LogP contribution in [0.3, 0.4) is 0 Å². The van der Waals surface area contributed by atoms with Gasteiger partial charge in [-0.2, -0.15) is 0 Å². The number of amides is 1. The number of anilines is 1. The zero-order chi connectivity index (χ0) is 14.5. The van der Waals surface area contributed by atoms with Gasteiger partial charge in [-0.1, -0.05) is 23.7 Å². The molecule has 0 saturated carbocycles. The molecule has 0 unspecified atom stereocenters. The van der Waals surface area contributed by atoms with Crippen LogP contribution in [0.4, 0.5) is 5.69 Å². The van der Waals surface area contributed by atoms with Crippen LogP contribution in [0.15, 0.2) is 46.9 Å². The first kappa shape index (κ1) is 14.9. The van der Waals surface area contributed by atoms with E-state index < -0.39 is 0 Å². The lowest BCUT2D eigenvalue weighted by atomic mass is 10.1. The molecular formula is C15H14BrClN2O. The lowest BCUT2D eigenvalue weighted by Gasteiger charge is -2.07. The first-order valence-corrected chi connectivity index (χ1v) is 7.31. The average molecular weight is 354 g/mol. The van der Waals surface area contributed by atoms with Gasteiger partial charge in [0.25, 0.3) is 5.91 Å². The highest BCUT2D eigenvalue weighted by molar-refractivity contribution is 9.10. The molecule has 0 aromatic heterocycles. The zero-order valence-corrected chi connectivity index (χ0v) is 13.0. The van der Waals surface area contributed by atoms with E-state index in [4.69, 9.17) is 17.3 Å². The van der Waals surface area contributed by atoms with Crippen molar-refractivity contribution in [3.63, 3.8) is 0 Å². The molecule has 0 heterocycles. The fourth-order valence-corrected chi connectivity index (χ4v) is 2.26. The largest absolute Gasteiger partial charge is 0.398 e. The van der Waals surface area contributed by atoms with Crippen LogP contribution in [0.1, 0.15) is 15.9 Å². The molecule has 0 spiro atoms. The number of nitrogens with one attached hydrogen (secondary N) is 1. The van der Waals surface area contributed by atoms with Gasteiger partial charge in [-0.3, -0.25) is 4.79 Å². The van der Waals surface area contributed by atoms with Gasteiger partial charge in [0.1, 0.15) is 0 Å². The monoisotopic (exact) mass is 352 g/mol. The molecule has 3 nitrogen and oxygen atoms in total. The second-order valence-electron chi connectivity index (χ2n) is 4.37. The molecule has 0 aliphatic carbocycles. The Morgan fingerprint density at radius 2 is 2.05 bits per heavy atom. The topological polar surface area (TPSA) is 55.1 Å². The molecule has 0 fully saturated rings. The molecule has 2 aromatic carbocycles. The minimum absolute atomic E-state index is 0.133. The van der Waals surface area contributed by atoms with E-state index in [0.717, 1.165) is 16.5 Å². The van der Waals surface area contributed by atoms with Crippen molar-refractivity contribution in [3.05, 3.63) is 63.1 Å². The summed E-state index contributed by atoms with van der Waals surface area (Å²) in [4.78, 5) is 12.0. The fourth-order valence-electron chi connectivity index (χ4n) is 1.80. The maximum absolute atomic E-state index is 12.0. The van der Waals surface area contributed by atoms with Crippen molar-refractivity contribution in [2.75, 3.05) is 12.3 Å². The molecule has 2 aromatic rings. The van der Waals surface area contributed by atoms with E-state index in [1.807, 2.05) is 24.3 Å². The molecular weight excluding hydrogens is 340 g/mol. The van der Waals surface area contributed by atoms with Crippen LogP contribution in [0.25, 0.3) is 0 Å². The van der Waals surface area contributed by atoms with Gasteiger partial charge in [-0.05, 0) is 58.2 Å². The highest BCUT2D eigenvalue weighted by Crippen LogP contribution is 2.20. The Hall–Kier alpha value is -1.52. The van der Waals surface area contributed by atoms with E-state index in [-0.39, 0.29) is 5.91 Å². The van der Waals surface area contributed by atoms with E-state index in [2.05, 4.69) is 21.2 Å². The van der Waals surface area contributed by atoms with Crippen molar-refractivity contribution >= 4 is 39.1 Å². The van der Waals surface area contributed by atoms with Gasteiger partial charge in [-0.25, -0.2) is 0 Å². The molecule has 3 N–H and O–H groups in total. The van der Waals surface area contributed by atoms with Crippen LogP contribution in [-0.2, 0) is 6.42 Å². The lowest BCUT2D eigenvalue weighted by Crippen LogP contribution is -2.25. The average Bonchev–Trinajstić information content (AvgIpc) is 2.42. The number of rotatable bonds is 4. The molecule has 104 valence electrons. The second kappa shape index (κ2) is 6.77. The number of nitrogen functional groups attached to an aromatic ring is 1. The molecule has 1 amide bonds. The highest BCUT2D eigenvalue weighted by atomic mass is 79.9. The number of carbonyl (C=O) groups excluding carboxylic acids is 1. The summed E-state index contributed by atoms with van der Waals surface area (Å²) in [6, 6.07) is 12.7. The minimum atomic E-state index is -0.133. The minimum Gasteiger partial charge on any atom is -0.398 e. The summed E-state index contributed by atoms with van der Waals surface area (Å²) in [6.45, 7) is 0.551. The van der Waals surface area contributed by atoms with Gasteiger partial charge < -0.3 is 11.1 Å². The standard InChI is InChI=1S/C15H14BrClN2O/c16-13-5-4-11(9-14(13)18)15(20)19-7-6-10-2-1-3-12(17)8-10/h1-5,8-9H,6-7,18H2,(H,19,20). The van der Waals surface area contributed by atoms with Gasteiger partial charge in [0.15, 0.2) is 0 Å². The third-order valence-electron chi connectivity index (χ3n) is 2.85. The normalized spacial score (nSPS) is 10.3. The van der Waals surface area contributed by atoms with Crippen molar-refractivity contribution in [2.45, 2.75) is 6.42 Å². The van der Waals surface area contributed by atoms with E-state index >= 15 is 0 Å². The summed E-state index contributed by atoms with van der Waals surface area (Å²) >= 11 is 9.21. The molecule has 0 saturated heterocycles. The first-order chi connectivity index (χ1) is 9.56. The summed E-state index contributed by atoms with van der Waals surface area (Å²) < 4.78 is 0.785. The Kier molecular flexibility index (Phi) is 5.04. The Labute approximate surface area is 131 Å². The number of halogens is 2. The van der Waals surface area contributed by atoms with Crippen LogP contribution in [0.5, 0.6) is 0 Å². The summed E-state index contributed by atoms with van der Waals surface area (Å²) in [5.41, 5.74) is 7.95. The Bertz CT molecular complexity index is 631. The zero-order valence-electron chi connectivity index (χ0n) is 10.7. The lowest BCUT2D eigenvalue weighted by molar-refractivity contribution is 0.0954. The first-order valence-electron chi connectivity index (χ1n) is 6.14. The summed E-state index contributed by atoms with van der Waals surface area (Å²) in [5, 5.41) is 3.56. The molecule has 0 aliphatic rings. The number of nitrogens with two attached hydrogens (primary N) is 1. The van der Waals surface area contributed by atoms with Crippen LogP contribution >= 0.6 is 27.5 Å². The van der Waals surface area contributed by atoms with Crippen molar-refractivity contribution in [1.82, 2.24) is 5.32 Å². The van der Waals surface area contributed by atoms with Crippen LogP contribution in [-0.4, -0.2) is 12.5 Å². The summed E-state index contributed by atoms with van der Waals surface area (Å²) in [5.74, 6) is -0.133. The molecule has 0 bridgehead atoms. The summed E-state index contributed by atoms with van der Waals surface area (Å²) in [6.07, 6.45) is 0.734. The van der Waals surface area contributed by atoms with Crippen LogP contribution in [0, 0.1) is 0 Å². The molecule has 5 heteroatoms. The van der Waals surface area contributed by atoms with E-state index in [1.54, 1.807) is 18.2 Å². The summed E-state index contributed by atoms with van der Waals surface area (Å²) in [7, 11) is 0. The van der Waals surface area contributed by atoms with Gasteiger partial charge in [0.05, 0.1) is 0 Å². The quantitative estimate of drug-likeness (QED) is 0.824. The Morgan fingerprint density at radius 1 is 1.25 bits per heavy atom. The molecule has 0 aliphatic heterocycles. The predicted octanol–water partition coefficient (Wildman–Crippen LogP) is 3.66. The number of benzene rings is 2. The van der Waals surface area contributed by atoms with Crippen molar-refractivity contribution in [2.24, 2.45) is 0 Å². The van der Waals surface area contributed by atoms with E-state index in [1.165, 1.54) is 0 Å². The Morgan fingerprint density at radius 3 is 2.75 bits per heavy atom. The smallest absolute Gasteiger partial charge is 0.251 e. The van der Waals surface area contributed by atoms with E-state index in [9.17, 15) is 4.79 Å². The van der Waals surface area contributed by atoms with Crippen molar-refractivity contribution in [1.29, 1.82) is 0 Å². The number of hydrogen-bond donors (Lipinski definition) is 2. The molecule has 0 radical (unpaired) electrons. The van der Waals surface area contributed by atoms with Crippen molar-refractivity contribution in [3.8, 4) is 0 Å². The third-order valence-corrected chi connectivity index (χ3v) is 3.80. The van der Waals surface area contributed by atoms with Gasteiger partial charge in [-0.15, -0.1) is 0 Å². The Balaban J connectivity index is 1.90. The molecule has 0 atom stereocenters. The predicted molar refractivity (Wildman–Crippen MR) is 86.0 cm³/mol. The number of carbonyl (C=O) groups is 1.